The zero-order chi connectivity index (χ0) is 21.3. The van der Waals surface area contributed by atoms with Crippen molar-refractivity contribution >= 4 is 0 Å². The summed E-state index contributed by atoms with van der Waals surface area (Å²) in [5, 5.41) is 33.0. The molecule has 0 atom stereocenters. The molecule has 9 nitrogen and oxygen atoms in total. The summed E-state index contributed by atoms with van der Waals surface area (Å²) in [7, 11) is 0. The molecule has 2 N–H and O–H groups in total. The smallest absolute Gasteiger partial charge is 0.308 e. The second-order valence-corrected chi connectivity index (χ2v) is 5.99. The van der Waals surface area contributed by atoms with Gasteiger partial charge < -0.3 is 10.2 Å². The number of aliphatic hydroxyl groups is 2. The number of benzene rings is 2. The topological polar surface area (TPSA) is 121 Å². The summed E-state index contributed by atoms with van der Waals surface area (Å²) in [4.78, 5) is 24.3. The molecule has 30 heavy (non-hydrogen) atoms. The monoisotopic (exact) mass is 408 g/mol. The Balaban J connectivity index is 2.28. The van der Waals surface area contributed by atoms with Gasteiger partial charge >= 0.3 is 5.56 Å². The number of rotatable bonds is 9. The lowest BCUT2D eigenvalue weighted by molar-refractivity contribution is -0.157. The van der Waals surface area contributed by atoms with E-state index in [1.807, 2.05) is 30.3 Å². The van der Waals surface area contributed by atoms with Crippen LogP contribution >= 0.6 is 0 Å². The molecule has 2 aromatic carbocycles. The molecule has 0 spiro atoms. The van der Waals surface area contributed by atoms with Gasteiger partial charge in [0.15, 0.2) is 0 Å². The van der Waals surface area contributed by atoms with Crippen LogP contribution in [-0.4, -0.2) is 46.5 Å². The summed E-state index contributed by atoms with van der Waals surface area (Å²) in [6.45, 7) is -1.07. The predicted octanol–water partition coefficient (Wildman–Crippen LogP) is 1.23. The van der Waals surface area contributed by atoms with E-state index in [9.17, 15) is 10.1 Å². The fourth-order valence-electron chi connectivity index (χ4n) is 2.80. The van der Waals surface area contributed by atoms with Crippen LogP contribution in [0, 0.1) is 11.3 Å². The largest absolute Gasteiger partial charge is 0.394 e. The standard InChI is InChI=1S/C21H20N4O5/c22-15-18-19(16-7-3-1-4-8-16)20(17-9-5-2-6-10-17)23-24(21(18)28)25(29-13-11-26)30-14-12-27/h1-10,26-27H,11-14H2. The van der Waals surface area contributed by atoms with E-state index >= 15 is 0 Å². The summed E-state index contributed by atoms with van der Waals surface area (Å²) >= 11 is 0. The van der Waals surface area contributed by atoms with Crippen molar-refractivity contribution in [3.63, 3.8) is 0 Å². The van der Waals surface area contributed by atoms with Crippen LogP contribution in [0.2, 0.25) is 0 Å². The molecule has 3 rings (SSSR count). The molecule has 9 heteroatoms. The molecule has 0 aliphatic heterocycles. The molecule has 3 aromatic rings. The van der Waals surface area contributed by atoms with E-state index < -0.39 is 5.56 Å². The minimum Gasteiger partial charge on any atom is -0.394 e. The first-order chi connectivity index (χ1) is 14.7. The van der Waals surface area contributed by atoms with Crippen LogP contribution in [-0.2, 0) is 9.68 Å². The zero-order valence-electron chi connectivity index (χ0n) is 16.0. The molecule has 0 saturated heterocycles. The highest BCUT2D eigenvalue weighted by Gasteiger charge is 2.23. The second-order valence-electron chi connectivity index (χ2n) is 5.99. The summed E-state index contributed by atoms with van der Waals surface area (Å²) in [5.41, 5.74) is 1.15. The molecule has 0 bridgehead atoms. The number of hydrogen-bond donors (Lipinski definition) is 2. The fraction of sp³-hybridized carbons (Fsp3) is 0.190. The lowest BCUT2D eigenvalue weighted by Gasteiger charge is -2.23. The Labute approximate surface area is 172 Å². The molecule has 0 amide bonds. The number of hydrogen-bond acceptors (Lipinski definition) is 8. The van der Waals surface area contributed by atoms with Crippen molar-refractivity contribution in [1.82, 2.24) is 9.89 Å². The van der Waals surface area contributed by atoms with Crippen molar-refractivity contribution in [2.75, 3.05) is 31.8 Å². The highest BCUT2D eigenvalue weighted by Crippen LogP contribution is 2.31. The fourth-order valence-corrected chi connectivity index (χ4v) is 2.80. The summed E-state index contributed by atoms with van der Waals surface area (Å²) in [6, 6.07) is 20.1. The van der Waals surface area contributed by atoms with E-state index in [4.69, 9.17) is 19.9 Å². The van der Waals surface area contributed by atoms with Crippen molar-refractivity contribution in [1.29, 1.82) is 5.26 Å². The van der Waals surface area contributed by atoms with Gasteiger partial charge in [0.25, 0.3) is 0 Å². The van der Waals surface area contributed by atoms with Gasteiger partial charge in [0.05, 0.1) is 13.2 Å². The van der Waals surface area contributed by atoms with Gasteiger partial charge in [-0.05, 0) is 10.9 Å². The molecule has 0 fully saturated rings. The van der Waals surface area contributed by atoms with Crippen LogP contribution in [0.25, 0.3) is 22.4 Å². The molecule has 0 saturated carbocycles. The minimum atomic E-state index is -0.771. The van der Waals surface area contributed by atoms with E-state index in [0.717, 1.165) is 4.79 Å². The maximum atomic E-state index is 13.1. The summed E-state index contributed by atoms with van der Waals surface area (Å²) < 4.78 is 0. The average Bonchev–Trinajstić information content (AvgIpc) is 2.80. The third kappa shape index (κ3) is 4.53. The SMILES string of the molecule is N#Cc1c(-c2ccccc2)c(-c2ccccc2)nn(N(OCCO)OCCO)c1=O. The molecule has 1 heterocycles. The van der Waals surface area contributed by atoms with Gasteiger partial charge in [-0.1, -0.05) is 65.5 Å². The minimum absolute atomic E-state index is 0.153. The third-order valence-electron chi connectivity index (χ3n) is 4.04. The van der Waals surface area contributed by atoms with E-state index in [-0.39, 0.29) is 32.0 Å². The average molecular weight is 408 g/mol. The normalized spacial score (nSPS) is 10.6. The summed E-state index contributed by atoms with van der Waals surface area (Å²) in [5.74, 6) is 0. The lowest BCUT2D eigenvalue weighted by atomic mass is 9.96. The molecule has 0 unspecified atom stereocenters. The Bertz CT molecular complexity index is 1060. The molecule has 1 aromatic heterocycles. The quantitative estimate of drug-likeness (QED) is 0.507. The van der Waals surface area contributed by atoms with Crippen LogP contribution < -0.4 is 10.9 Å². The Morgan fingerprint density at radius 3 is 1.97 bits per heavy atom. The van der Waals surface area contributed by atoms with Crippen LogP contribution in [0.5, 0.6) is 0 Å². The maximum absolute atomic E-state index is 13.1. The third-order valence-corrected chi connectivity index (χ3v) is 4.04. The molecule has 0 aliphatic rings. The van der Waals surface area contributed by atoms with Gasteiger partial charge in [-0.3, -0.25) is 4.79 Å². The van der Waals surface area contributed by atoms with Crippen LogP contribution in [0.4, 0.5) is 0 Å². The first-order valence-electron chi connectivity index (χ1n) is 9.17. The predicted molar refractivity (Wildman–Crippen MR) is 108 cm³/mol. The second kappa shape index (κ2) is 10.3. The number of nitrogens with zero attached hydrogens (tertiary/aromatic N) is 4. The number of aromatic nitrogens is 2. The number of nitriles is 1. The van der Waals surface area contributed by atoms with Crippen molar-refractivity contribution in [3.8, 4) is 28.5 Å². The number of aliphatic hydroxyl groups excluding tert-OH is 2. The Morgan fingerprint density at radius 2 is 1.47 bits per heavy atom. The van der Waals surface area contributed by atoms with Gasteiger partial charge in [0, 0.05) is 11.1 Å². The highest BCUT2D eigenvalue weighted by atomic mass is 17.0. The van der Waals surface area contributed by atoms with Gasteiger partial charge in [0.1, 0.15) is 30.5 Å². The Hall–Kier alpha value is -3.55. The molecule has 0 radical (unpaired) electrons. The van der Waals surface area contributed by atoms with E-state index in [0.29, 0.717) is 27.7 Å². The first-order valence-corrected chi connectivity index (χ1v) is 9.17. The highest BCUT2D eigenvalue weighted by molar-refractivity contribution is 5.84. The lowest BCUT2D eigenvalue weighted by Crippen LogP contribution is -2.46. The zero-order valence-corrected chi connectivity index (χ0v) is 16.0. The Morgan fingerprint density at radius 1 is 0.933 bits per heavy atom. The molecular formula is C21H20N4O5. The van der Waals surface area contributed by atoms with Crippen molar-refractivity contribution in [3.05, 3.63) is 76.6 Å². The van der Waals surface area contributed by atoms with E-state index in [2.05, 4.69) is 5.10 Å². The van der Waals surface area contributed by atoms with Crippen LogP contribution in [0.1, 0.15) is 5.56 Å². The molecule has 154 valence electrons. The van der Waals surface area contributed by atoms with E-state index in [1.165, 1.54) is 0 Å². The summed E-state index contributed by atoms with van der Waals surface area (Å²) in [6.07, 6.45) is 0. The van der Waals surface area contributed by atoms with E-state index in [1.54, 1.807) is 36.4 Å². The van der Waals surface area contributed by atoms with Gasteiger partial charge in [-0.25, -0.2) is 9.68 Å². The van der Waals surface area contributed by atoms with Crippen molar-refractivity contribution < 1.29 is 19.9 Å². The van der Waals surface area contributed by atoms with Crippen LogP contribution in [0.3, 0.4) is 0 Å². The maximum Gasteiger partial charge on any atom is 0.308 e. The van der Waals surface area contributed by atoms with Crippen molar-refractivity contribution in [2.45, 2.75) is 0 Å². The molecular weight excluding hydrogens is 388 g/mol. The Kier molecular flexibility index (Phi) is 7.26. The van der Waals surface area contributed by atoms with Gasteiger partial charge in [-0.2, -0.15) is 5.26 Å². The van der Waals surface area contributed by atoms with Gasteiger partial charge in [0.2, 0.25) is 0 Å². The van der Waals surface area contributed by atoms with Crippen molar-refractivity contribution in [2.24, 2.45) is 0 Å². The molecule has 0 aliphatic carbocycles. The van der Waals surface area contributed by atoms with Crippen LogP contribution in [0.15, 0.2) is 65.5 Å². The first kappa shape index (κ1) is 21.2. The van der Waals surface area contributed by atoms with Gasteiger partial charge in [-0.15, -0.1) is 5.10 Å².